The first-order valence-electron chi connectivity index (χ1n) is 12.8. The number of aromatic carboxylic acids is 1. The van der Waals surface area contributed by atoms with Gasteiger partial charge in [0.25, 0.3) is 5.91 Å². The maximum atomic E-state index is 13.3. The van der Waals surface area contributed by atoms with Gasteiger partial charge in [0.2, 0.25) is 5.91 Å². The number of hydrogen-bond donors (Lipinski definition) is 4. The number of phenols is 1. The molecule has 1 fully saturated rings. The molecule has 4 aromatic rings. The molecule has 1 saturated carbocycles. The van der Waals surface area contributed by atoms with Gasteiger partial charge in [-0.15, -0.1) is 0 Å². The number of aromatic hydroxyl groups is 1. The van der Waals surface area contributed by atoms with Crippen LogP contribution < -0.4 is 10.6 Å². The second-order valence-electron chi connectivity index (χ2n) is 9.70. The number of fused-ring (bicyclic) bond motifs is 1. The van der Waals surface area contributed by atoms with Crippen molar-refractivity contribution in [2.45, 2.75) is 31.3 Å². The molecule has 40 heavy (non-hydrogen) atoms. The van der Waals surface area contributed by atoms with Crippen LogP contribution in [-0.2, 0) is 11.2 Å². The monoisotopic (exact) mass is 555 g/mol. The maximum Gasteiger partial charge on any atom is 0.336 e. The summed E-state index contributed by atoms with van der Waals surface area (Å²) in [6, 6.07) is 19.2. The zero-order chi connectivity index (χ0) is 28.2. The molecule has 2 amide bonds. The summed E-state index contributed by atoms with van der Waals surface area (Å²) >= 11 is 5.94. The highest BCUT2D eigenvalue weighted by molar-refractivity contribution is 6.30. The topological polar surface area (TPSA) is 129 Å². The summed E-state index contributed by atoms with van der Waals surface area (Å²) in [5, 5.41) is 26.2. The van der Waals surface area contributed by atoms with Crippen molar-refractivity contribution in [3.8, 4) is 5.75 Å². The highest BCUT2D eigenvalue weighted by Crippen LogP contribution is 2.23. The molecule has 5 rings (SSSR count). The molecule has 8 nitrogen and oxygen atoms in total. The Hall–Kier alpha value is -4.69. The van der Waals surface area contributed by atoms with Crippen molar-refractivity contribution in [2.75, 3.05) is 0 Å². The minimum Gasteiger partial charge on any atom is -0.508 e. The van der Waals surface area contributed by atoms with E-state index in [-0.39, 0.29) is 35.4 Å². The summed E-state index contributed by atoms with van der Waals surface area (Å²) in [6.07, 6.45) is 5.69. The summed E-state index contributed by atoms with van der Waals surface area (Å²) in [5.41, 5.74) is 2.59. The average Bonchev–Trinajstić information content (AvgIpc) is 3.76. The molecule has 3 aromatic carbocycles. The van der Waals surface area contributed by atoms with E-state index in [1.807, 2.05) is 24.3 Å². The third-order valence-corrected chi connectivity index (χ3v) is 6.81. The number of phenolic OH excluding ortho intramolecular Hbond substituents is 1. The molecule has 1 aromatic heterocycles. The smallest absolute Gasteiger partial charge is 0.336 e. The van der Waals surface area contributed by atoms with E-state index in [1.54, 1.807) is 42.5 Å². The number of carbonyl (C=O) groups excluding carboxylic acids is 2. The quantitative estimate of drug-likeness (QED) is 0.213. The lowest BCUT2D eigenvalue weighted by Gasteiger charge is -2.19. The molecule has 0 unspecified atom stereocenters. The molecule has 0 bridgehead atoms. The zero-order valence-electron chi connectivity index (χ0n) is 21.3. The van der Waals surface area contributed by atoms with Crippen LogP contribution in [0.5, 0.6) is 5.75 Å². The predicted molar refractivity (Wildman–Crippen MR) is 153 cm³/mol. The summed E-state index contributed by atoms with van der Waals surface area (Å²) in [5.74, 6) is -2.10. The third-order valence-electron chi connectivity index (χ3n) is 6.56. The van der Waals surface area contributed by atoms with Gasteiger partial charge < -0.3 is 20.8 Å². The van der Waals surface area contributed by atoms with Crippen molar-refractivity contribution in [3.05, 3.63) is 106 Å². The molecule has 0 aliphatic heterocycles. The number of carboxylic acids is 1. The molecule has 1 aliphatic carbocycles. The van der Waals surface area contributed by atoms with Crippen LogP contribution >= 0.6 is 11.6 Å². The summed E-state index contributed by atoms with van der Waals surface area (Å²) in [6.45, 7) is 0. The fourth-order valence-corrected chi connectivity index (χ4v) is 4.37. The third kappa shape index (κ3) is 6.65. The van der Waals surface area contributed by atoms with E-state index in [4.69, 9.17) is 11.6 Å². The molecular weight excluding hydrogens is 530 g/mol. The first-order chi connectivity index (χ1) is 19.2. The van der Waals surface area contributed by atoms with E-state index in [9.17, 15) is 24.6 Å². The number of pyridine rings is 1. The van der Waals surface area contributed by atoms with Gasteiger partial charge in [0.1, 0.15) is 17.5 Å². The van der Waals surface area contributed by atoms with Gasteiger partial charge in [0.05, 0.1) is 11.1 Å². The normalized spacial score (nSPS) is 13.7. The number of hydrogen-bond acceptors (Lipinski definition) is 5. The van der Waals surface area contributed by atoms with Crippen LogP contribution in [0.15, 0.2) is 72.8 Å². The first-order valence-corrected chi connectivity index (χ1v) is 13.1. The number of nitrogens with zero attached hydrogens (tertiary/aromatic N) is 1. The number of halogens is 1. The lowest BCUT2D eigenvalue weighted by Crippen LogP contribution is -2.48. The Balaban J connectivity index is 1.41. The summed E-state index contributed by atoms with van der Waals surface area (Å²) in [7, 11) is 0. The Morgan fingerprint density at radius 1 is 0.950 bits per heavy atom. The fourth-order valence-electron chi connectivity index (χ4n) is 4.25. The maximum absolute atomic E-state index is 13.3. The van der Waals surface area contributed by atoms with Crippen LogP contribution in [0.3, 0.4) is 0 Å². The van der Waals surface area contributed by atoms with Crippen LogP contribution in [0.1, 0.15) is 50.4 Å². The van der Waals surface area contributed by atoms with Crippen LogP contribution in [0.4, 0.5) is 0 Å². The van der Waals surface area contributed by atoms with Crippen LogP contribution in [0.2, 0.25) is 5.02 Å². The van der Waals surface area contributed by atoms with Crippen molar-refractivity contribution in [3.63, 3.8) is 0 Å². The molecule has 9 heteroatoms. The van der Waals surface area contributed by atoms with E-state index >= 15 is 0 Å². The van der Waals surface area contributed by atoms with Gasteiger partial charge in [-0.3, -0.25) is 9.59 Å². The van der Waals surface area contributed by atoms with Crippen molar-refractivity contribution in [1.29, 1.82) is 0 Å². The van der Waals surface area contributed by atoms with Crippen LogP contribution in [0.25, 0.3) is 23.1 Å². The van der Waals surface area contributed by atoms with E-state index in [2.05, 4.69) is 15.6 Å². The standard InChI is InChI=1S/C31H26ClN3O5/c32-21-8-3-18(4-9-21)1-2-19-7-14-26-24(15-19)25(31(39)40)17-28(34-26)30(38)35-27(29(37)33-22-10-11-22)16-20-5-12-23(36)13-6-20/h1-9,12-15,17,22,27,36H,10-11,16H2,(H,33,37)(H,35,38)(H,39,40)/t27-/m0/s1. The highest BCUT2D eigenvalue weighted by atomic mass is 35.5. The molecule has 1 heterocycles. The Bertz CT molecular complexity index is 1610. The Morgan fingerprint density at radius 2 is 1.62 bits per heavy atom. The second-order valence-corrected chi connectivity index (χ2v) is 10.1. The minimum atomic E-state index is -1.20. The van der Waals surface area contributed by atoms with Gasteiger partial charge in [0, 0.05) is 22.9 Å². The van der Waals surface area contributed by atoms with Gasteiger partial charge in [-0.05, 0) is 72.0 Å². The predicted octanol–water partition coefficient (Wildman–Crippen LogP) is 5.08. The first kappa shape index (κ1) is 26.9. The molecule has 0 saturated heterocycles. The van der Waals surface area contributed by atoms with E-state index in [1.165, 1.54) is 18.2 Å². The number of benzene rings is 3. The van der Waals surface area contributed by atoms with Gasteiger partial charge in [-0.25, -0.2) is 9.78 Å². The molecule has 202 valence electrons. The second kappa shape index (κ2) is 11.6. The molecule has 1 aliphatic rings. The Labute approximate surface area is 235 Å². The van der Waals surface area contributed by atoms with Crippen molar-refractivity contribution < 1.29 is 24.6 Å². The number of rotatable bonds is 9. The van der Waals surface area contributed by atoms with E-state index < -0.39 is 17.9 Å². The molecule has 1 atom stereocenters. The number of carboxylic acid groups (broad SMARTS) is 1. The van der Waals surface area contributed by atoms with Crippen molar-refractivity contribution in [2.24, 2.45) is 0 Å². The summed E-state index contributed by atoms with van der Waals surface area (Å²) in [4.78, 5) is 42.8. The van der Waals surface area contributed by atoms with Gasteiger partial charge in [-0.1, -0.05) is 54.1 Å². The van der Waals surface area contributed by atoms with Crippen LogP contribution in [-0.4, -0.2) is 45.1 Å². The lowest BCUT2D eigenvalue weighted by atomic mass is 10.0. The zero-order valence-corrected chi connectivity index (χ0v) is 22.1. The van der Waals surface area contributed by atoms with Gasteiger partial charge >= 0.3 is 5.97 Å². The largest absolute Gasteiger partial charge is 0.508 e. The highest BCUT2D eigenvalue weighted by Gasteiger charge is 2.29. The van der Waals surface area contributed by atoms with Crippen molar-refractivity contribution in [1.82, 2.24) is 15.6 Å². The number of aromatic nitrogens is 1. The Morgan fingerprint density at radius 3 is 2.30 bits per heavy atom. The SMILES string of the molecule is O=C(N[C@@H](Cc1ccc(O)cc1)C(=O)NC1CC1)c1cc(C(=O)O)c2cc(C=Cc3ccc(Cl)cc3)ccc2n1. The number of amides is 2. The van der Waals surface area contributed by atoms with Gasteiger partial charge in [0.15, 0.2) is 0 Å². The van der Waals surface area contributed by atoms with E-state index in [0.29, 0.717) is 15.9 Å². The fraction of sp³-hybridized carbons (Fsp3) is 0.161. The summed E-state index contributed by atoms with van der Waals surface area (Å²) < 4.78 is 0. The molecular formula is C31H26ClN3O5. The Kier molecular flexibility index (Phi) is 7.79. The molecule has 4 N–H and O–H groups in total. The number of nitrogens with one attached hydrogen (secondary N) is 2. The molecule has 0 radical (unpaired) electrons. The molecule has 0 spiro atoms. The lowest BCUT2D eigenvalue weighted by molar-refractivity contribution is -0.123. The van der Waals surface area contributed by atoms with Gasteiger partial charge in [-0.2, -0.15) is 0 Å². The van der Waals surface area contributed by atoms with Crippen LogP contribution in [0, 0.1) is 0 Å². The number of carbonyl (C=O) groups is 3. The van der Waals surface area contributed by atoms with E-state index in [0.717, 1.165) is 29.5 Å². The van der Waals surface area contributed by atoms with Crippen molar-refractivity contribution >= 4 is 52.4 Å². The minimum absolute atomic E-state index is 0.0746. The average molecular weight is 556 g/mol.